The van der Waals surface area contributed by atoms with Crippen molar-refractivity contribution in [3.8, 4) is 5.75 Å². The molecule has 1 unspecified atom stereocenters. The number of ether oxygens (including phenoxy) is 1. The van der Waals surface area contributed by atoms with Gasteiger partial charge in [-0.2, -0.15) is 0 Å². The average molecular weight is 470 g/mol. The molecule has 168 valence electrons. The van der Waals surface area contributed by atoms with E-state index in [0.717, 1.165) is 30.0 Å². The van der Waals surface area contributed by atoms with Crippen molar-refractivity contribution in [2.24, 2.45) is 4.99 Å². The lowest BCUT2D eigenvalue weighted by Gasteiger charge is -2.47. The summed E-state index contributed by atoms with van der Waals surface area (Å²) in [6.07, 6.45) is 2.93. The lowest BCUT2D eigenvalue weighted by atomic mass is 9.79. The fourth-order valence-electron chi connectivity index (χ4n) is 4.63. The summed E-state index contributed by atoms with van der Waals surface area (Å²) in [4.78, 5) is 20.1. The van der Waals surface area contributed by atoms with Crippen LogP contribution in [0.1, 0.15) is 51.2 Å². The Hall–Kier alpha value is -2.44. The second-order valence-corrected chi connectivity index (χ2v) is 10.2. The van der Waals surface area contributed by atoms with E-state index < -0.39 is 0 Å². The number of anilines is 1. The zero-order valence-electron chi connectivity index (χ0n) is 19.0. The molecule has 7 heteroatoms. The molecule has 0 radical (unpaired) electrons. The third-order valence-electron chi connectivity index (χ3n) is 6.06. The lowest BCUT2D eigenvalue weighted by Crippen LogP contribution is -2.48. The Morgan fingerprint density at radius 2 is 2.03 bits per heavy atom. The van der Waals surface area contributed by atoms with Crippen LogP contribution in [-0.4, -0.2) is 30.3 Å². The molecule has 2 aliphatic rings. The number of fused-ring (bicyclic) bond motifs is 1. The molecule has 1 N–H and O–H groups in total. The monoisotopic (exact) mass is 469 g/mol. The molecule has 0 aromatic heterocycles. The fourth-order valence-corrected chi connectivity index (χ4v) is 5.67. The topological polar surface area (TPSA) is 53.9 Å². The maximum absolute atomic E-state index is 12.6. The molecule has 2 aromatic rings. The summed E-state index contributed by atoms with van der Waals surface area (Å²) in [6.45, 7) is 9.92. The van der Waals surface area contributed by atoms with Gasteiger partial charge in [-0.05, 0) is 98.5 Å². The minimum atomic E-state index is -0.166. The van der Waals surface area contributed by atoms with Crippen molar-refractivity contribution < 1.29 is 9.53 Å². The standard InChI is InChI=1S/C25H28ClN3O2S/c1-6-29-21-13-20(26)16(11-19(21)15(2)14-25(29,3)4)12-22-23(30)28-24(32-22)27-17-7-9-18(31-5)10-8-17/h7-13,15H,6,14H2,1-5H3,(H,27,28,30)/b22-12+. The van der Waals surface area contributed by atoms with E-state index in [1.165, 1.54) is 23.0 Å². The molecule has 2 aromatic carbocycles. The molecule has 2 heterocycles. The highest BCUT2D eigenvalue weighted by molar-refractivity contribution is 8.18. The van der Waals surface area contributed by atoms with Crippen LogP contribution < -0.4 is 15.0 Å². The van der Waals surface area contributed by atoms with Gasteiger partial charge in [-0.15, -0.1) is 0 Å². The van der Waals surface area contributed by atoms with E-state index in [1.54, 1.807) is 7.11 Å². The first-order valence-corrected chi connectivity index (χ1v) is 12.0. The molecular weight excluding hydrogens is 442 g/mol. The van der Waals surface area contributed by atoms with Crippen LogP contribution in [0, 0.1) is 0 Å². The summed E-state index contributed by atoms with van der Waals surface area (Å²) < 4.78 is 5.17. The predicted octanol–water partition coefficient (Wildman–Crippen LogP) is 6.35. The van der Waals surface area contributed by atoms with Gasteiger partial charge in [0.05, 0.1) is 17.7 Å². The minimum absolute atomic E-state index is 0.0818. The van der Waals surface area contributed by atoms with Crippen LogP contribution >= 0.6 is 23.4 Å². The Balaban J connectivity index is 1.63. The molecule has 1 saturated heterocycles. The number of rotatable bonds is 4. The summed E-state index contributed by atoms with van der Waals surface area (Å²) in [5, 5.41) is 4.04. The summed E-state index contributed by atoms with van der Waals surface area (Å²) in [7, 11) is 1.62. The molecule has 0 bridgehead atoms. The number of aliphatic imine (C=N–C) groups is 1. The van der Waals surface area contributed by atoms with Gasteiger partial charge in [0.2, 0.25) is 0 Å². The maximum atomic E-state index is 12.6. The number of hydrogen-bond donors (Lipinski definition) is 1. The molecule has 1 atom stereocenters. The summed E-state index contributed by atoms with van der Waals surface area (Å²) >= 11 is 8.01. The number of hydrogen-bond acceptors (Lipinski definition) is 5. The van der Waals surface area contributed by atoms with Crippen LogP contribution in [0.3, 0.4) is 0 Å². The van der Waals surface area contributed by atoms with Crippen LogP contribution in [0.4, 0.5) is 11.4 Å². The minimum Gasteiger partial charge on any atom is -0.497 e. The molecule has 4 rings (SSSR count). The highest BCUT2D eigenvalue weighted by Gasteiger charge is 2.36. The van der Waals surface area contributed by atoms with Crippen molar-refractivity contribution in [3.63, 3.8) is 0 Å². The van der Waals surface area contributed by atoms with Gasteiger partial charge in [-0.1, -0.05) is 18.5 Å². The number of nitrogens with one attached hydrogen (secondary N) is 1. The smallest absolute Gasteiger partial charge is 0.264 e. The predicted molar refractivity (Wildman–Crippen MR) is 135 cm³/mol. The first-order chi connectivity index (χ1) is 15.2. The molecule has 0 saturated carbocycles. The van der Waals surface area contributed by atoms with E-state index in [-0.39, 0.29) is 11.4 Å². The van der Waals surface area contributed by atoms with E-state index >= 15 is 0 Å². The number of halogens is 1. The van der Waals surface area contributed by atoms with Crippen molar-refractivity contribution in [3.05, 3.63) is 57.5 Å². The van der Waals surface area contributed by atoms with E-state index in [1.807, 2.05) is 36.4 Å². The van der Waals surface area contributed by atoms with Crippen LogP contribution in [0.5, 0.6) is 5.75 Å². The van der Waals surface area contributed by atoms with Gasteiger partial charge in [-0.25, -0.2) is 4.99 Å². The molecule has 1 amide bonds. The van der Waals surface area contributed by atoms with Crippen LogP contribution in [0.15, 0.2) is 46.3 Å². The lowest BCUT2D eigenvalue weighted by molar-refractivity contribution is -0.115. The third kappa shape index (κ3) is 4.39. The van der Waals surface area contributed by atoms with Gasteiger partial charge in [0, 0.05) is 22.8 Å². The molecule has 2 aliphatic heterocycles. The number of carbonyl (C=O) groups excluding carboxylic acids is 1. The Bertz CT molecular complexity index is 1110. The zero-order valence-corrected chi connectivity index (χ0v) is 20.6. The van der Waals surface area contributed by atoms with Crippen molar-refractivity contribution in [2.75, 3.05) is 18.6 Å². The fraction of sp³-hybridized carbons (Fsp3) is 0.360. The van der Waals surface area contributed by atoms with Crippen LogP contribution in [0.25, 0.3) is 6.08 Å². The van der Waals surface area contributed by atoms with Gasteiger partial charge in [0.15, 0.2) is 5.17 Å². The van der Waals surface area contributed by atoms with E-state index in [9.17, 15) is 4.79 Å². The normalized spacial score (nSPS) is 22.2. The average Bonchev–Trinajstić information content (AvgIpc) is 3.08. The molecule has 0 spiro atoms. The van der Waals surface area contributed by atoms with E-state index in [2.05, 4.69) is 49.0 Å². The summed E-state index contributed by atoms with van der Waals surface area (Å²) in [6, 6.07) is 11.6. The number of thioether (sulfide) groups is 1. The van der Waals surface area contributed by atoms with E-state index in [0.29, 0.717) is 21.0 Å². The van der Waals surface area contributed by atoms with Crippen molar-refractivity contribution in [2.45, 2.75) is 45.6 Å². The summed E-state index contributed by atoms with van der Waals surface area (Å²) in [5.74, 6) is 1.01. The van der Waals surface area contributed by atoms with Crippen molar-refractivity contribution in [1.82, 2.24) is 5.32 Å². The van der Waals surface area contributed by atoms with Crippen molar-refractivity contribution in [1.29, 1.82) is 0 Å². The Labute approximate surface area is 198 Å². The Morgan fingerprint density at radius 1 is 1.31 bits per heavy atom. The zero-order chi connectivity index (χ0) is 23.0. The van der Waals surface area contributed by atoms with Crippen molar-refractivity contribution >= 4 is 51.9 Å². The van der Waals surface area contributed by atoms with E-state index in [4.69, 9.17) is 16.3 Å². The molecular formula is C25H28ClN3O2S. The van der Waals surface area contributed by atoms with Gasteiger partial charge in [-0.3, -0.25) is 4.79 Å². The first kappa shape index (κ1) is 22.7. The number of carbonyl (C=O) groups is 1. The van der Waals surface area contributed by atoms with Gasteiger partial charge >= 0.3 is 0 Å². The Kier molecular flexibility index (Phi) is 6.28. The van der Waals surface area contributed by atoms with Crippen LogP contribution in [-0.2, 0) is 4.79 Å². The largest absolute Gasteiger partial charge is 0.497 e. The number of nitrogens with zero attached hydrogens (tertiary/aromatic N) is 2. The molecule has 1 fully saturated rings. The highest BCUT2D eigenvalue weighted by Crippen LogP contribution is 2.45. The SMILES string of the molecule is CCN1c2cc(Cl)c(/C=C3/SC(=Nc4ccc(OC)cc4)NC3=O)cc2C(C)CC1(C)C. The second kappa shape index (κ2) is 8.83. The Morgan fingerprint density at radius 3 is 2.69 bits per heavy atom. The second-order valence-electron chi connectivity index (χ2n) is 8.77. The number of benzene rings is 2. The third-order valence-corrected chi connectivity index (χ3v) is 7.30. The highest BCUT2D eigenvalue weighted by atomic mass is 35.5. The van der Waals surface area contributed by atoms with Gasteiger partial charge < -0.3 is 15.0 Å². The number of amidine groups is 1. The molecule has 0 aliphatic carbocycles. The maximum Gasteiger partial charge on any atom is 0.264 e. The molecule has 32 heavy (non-hydrogen) atoms. The molecule has 5 nitrogen and oxygen atoms in total. The first-order valence-electron chi connectivity index (χ1n) is 10.8. The summed E-state index contributed by atoms with van der Waals surface area (Å²) in [5.41, 5.74) is 4.15. The number of methoxy groups -OCH3 is 1. The van der Waals surface area contributed by atoms with Crippen LogP contribution in [0.2, 0.25) is 5.02 Å². The quantitative estimate of drug-likeness (QED) is 0.530. The number of amides is 1. The van der Waals surface area contributed by atoms with Gasteiger partial charge in [0.25, 0.3) is 5.91 Å². The van der Waals surface area contributed by atoms with Gasteiger partial charge in [0.1, 0.15) is 5.75 Å².